The zero-order chi connectivity index (χ0) is 24.2. The van der Waals surface area contributed by atoms with Crippen molar-refractivity contribution in [1.29, 1.82) is 0 Å². The highest BCUT2D eigenvalue weighted by molar-refractivity contribution is 6.33. The van der Waals surface area contributed by atoms with Gasteiger partial charge in [0.15, 0.2) is 0 Å². The van der Waals surface area contributed by atoms with E-state index in [0.29, 0.717) is 16.9 Å². The molecule has 1 atom stereocenters. The molecule has 0 bridgehead atoms. The van der Waals surface area contributed by atoms with E-state index >= 15 is 0 Å². The summed E-state index contributed by atoms with van der Waals surface area (Å²) in [5, 5.41) is 25.5. The zero-order valence-corrected chi connectivity index (χ0v) is 18.4. The van der Waals surface area contributed by atoms with Crippen LogP contribution in [0.15, 0.2) is 48.5 Å². The van der Waals surface area contributed by atoms with Crippen molar-refractivity contribution in [2.45, 2.75) is 26.3 Å². The quantitative estimate of drug-likeness (QED) is 0.311. The number of phenolic OH excluding ortho intramolecular Hbond substituents is 1. The lowest BCUT2D eigenvalue weighted by atomic mass is 10.1. The number of halogens is 4. The number of aliphatic hydroxyl groups excluding tert-OH is 1. The lowest BCUT2D eigenvalue weighted by molar-refractivity contribution is -0.274. The number of alkyl halides is 3. The van der Waals surface area contributed by atoms with Crippen LogP contribution in [0.4, 0.5) is 30.6 Å². The Morgan fingerprint density at radius 1 is 1.09 bits per heavy atom. The monoisotopic (exact) mass is 482 g/mol. The van der Waals surface area contributed by atoms with E-state index in [2.05, 4.69) is 25.3 Å². The van der Waals surface area contributed by atoms with E-state index in [4.69, 9.17) is 11.6 Å². The molecule has 0 amide bonds. The summed E-state index contributed by atoms with van der Waals surface area (Å²) in [6, 6.07) is 10.9. The number of anilines is 3. The molecule has 0 radical (unpaired) electrons. The normalized spacial score (nSPS) is 12.5. The number of phenols is 1. The third-order valence-electron chi connectivity index (χ3n) is 4.62. The molecule has 0 aliphatic rings. The predicted molar refractivity (Wildman–Crippen MR) is 120 cm³/mol. The number of hydrogen-bond donors (Lipinski definition) is 4. The van der Waals surface area contributed by atoms with Gasteiger partial charge in [0.25, 0.3) is 0 Å². The van der Waals surface area contributed by atoms with Crippen molar-refractivity contribution < 1.29 is 28.1 Å². The molecule has 0 unspecified atom stereocenters. The smallest absolute Gasteiger partial charge is 0.508 e. The van der Waals surface area contributed by atoms with Crippen LogP contribution in [0, 0.1) is 5.92 Å². The molecular formula is C22H22ClF3N4O3. The molecule has 4 N–H and O–H groups in total. The molecule has 0 aliphatic heterocycles. The molecule has 0 spiro atoms. The Morgan fingerprint density at radius 3 is 2.48 bits per heavy atom. The van der Waals surface area contributed by atoms with E-state index in [9.17, 15) is 23.4 Å². The topological polar surface area (TPSA) is 99.5 Å². The van der Waals surface area contributed by atoms with Crippen molar-refractivity contribution in [2.24, 2.45) is 5.92 Å². The van der Waals surface area contributed by atoms with Crippen LogP contribution in [0.5, 0.6) is 11.5 Å². The van der Waals surface area contributed by atoms with Crippen LogP contribution in [0.3, 0.4) is 0 Å². The Morgan fingerprint density at radius 2 is 1.85 bits per heavy atom. The highest BCUT2D eigenvalue weighted by Crippen LogP contribution is 2.32. The van der Waals surface area contributed by atoms with Crippen molar-refractivity contribution in [2.75, 3.05) is 17.2 Å². The largest absolute Gasteiger partial charge is 0.573 e. The van der Waals surface area contributed by atoms with Crippen LogP contribution in [0.1, 0.15) is 13.8 Å². The summed E-state index contributed by atoms with van der Waals surface area (Å²) in [4.78, 5) is 8.80. The van der Waals surface area contributed by atoms with Gasteiger partial charge in [-0.2, -0.15) is 4.98 Å². The minimum Gasteiger partial charge on any atom is -0.508 e. The molecule has 1 heterocycles. The van der Waals surface area contributed by atoms with Crippen molar-refractivity contribution in [3.63, 3.8) is 0 Å². The number of ether oxygens (including phenoxy) is 1. The Labute approximate surface area is 193 Å². The minimum atomic E-state index is -4.83. The fourth-order valence-electron chi connectivity index (χ4n) is 2.91. The second-order valence-corrected chi connectivity index (χ2v) is 7.91. The van der Waals surface area contributed by atoms with Crippen molar-refractivity contribution >= 4 is 29.1 Å². The average Bonchev–Trinajstić information content (AvgIpc) is 2.72. The summed E-state index contributed by atoms with van der Waals surface area (Å²) in [7, 11) is 0. The molecule has 3 aromatic rings. The van der Waals surface area contributed by atoms with Crippen LogP contribution in [0.25, 0.3) is 11.3 Å². The SMILES string of the molecule is CC(C)[C@H](CO)Nc1nc(Nc2ccc(O)cc2Cl)cc(-c2cccc(OC(F)(F)F)c2)n1. The summed E-state index contributed by atoms with van der Waals surface area (Å²) in [5.74, 6) is 0.0892. The van der Waals surface area contributed by atoms with E-state index < -0.39 is 6.36 Å². The molecule has 3 rings (SSSR count). The first kappa shape index (κ1) is 24.4. The van der Waals surface area contributed by atoms with Gasteiger partial charge in [-0.1, -0.05) is 37.6 Å². The van der Waals surface area contributed by atoms with Crippen LogP contribution >= 0.6 is 11.6 Å². The second-order valence-electron chi connectivity index (χ2n) is 7.50. The standard InChI is InChI=1S/C22H22ClF3N4O3/c1-12(2)19(11-31)29-21-28-18(13-4-3-5-15(8-13)33-22(24,25)26)10-20(30-21)27-17-7-6-14(32)9-16(17)23/h3-10,12,19,31-32H,11H2,1-2H3,(H2,27,28,29,30)/t19-/m0/s1. The number of aromatic hydroxyl groups is 1. The van der Waals surface area contributed by atoms with Gasteiger partial charge in [-0.05, 0) is 30.2 Å². The Balaban J connectivity index is 2.02. The van der Waals surface area contributed by atoms with E-state index in [1.807, 2.05) is 13.8 Å². The number of rotatable bonds is 8. The first-order valence-corrected chi connectivity index (χ1v) is 10.3. The maximum atomic E-state index is 12.6. The van der Waals surface area contributed by atoms with Gasteiger partial charge in [0.05, 0.1) is 29.1 Å². The van der Waals surface area contributed by atoms with E-state index in [0.717, 1.165) is 0 Å². The molecule has 0 fully saturated rings. The fraction of sp³-hybridized carbons (Fsp3) is 0.273. The maximum Gasteiger partial charge on any atom is 0.573 e. The fourth-order valence-corrected chi connectivity index (χ4v) is 3.13. The van der Waals surface area contributed by atoms with Gasteiger partial charge in [-0.25, -0.2) is 4.98 Å². The first-order chi connectivity index (χ1) is 15.5. The molecule has 1 aromatic heterocycles. The Bertz CT molecular complexity index is 1110. The van der Waals surface area contributed by atoms with Crippen LogP contribution in [-0.4, -0.2) is 39.2 Å². The summed E-state index contributed by atoms with van der Waals surface area (Å²) in [6.07, 6.45) is -4.83. The van der Waals surface area contributed by atoms with Gasteiger partial charge in [0.2, 0.25) is 5.95 Å². The lowest BCUT2D eigenvalue weighted by Crippen LogP contribution is -2.30. The Kier molecular flexibility index (Phi) is 7.50. The van der Waals surface area contributed by atoms with Crippen LogP contribution < -0.4 is 15.4 Å². The van der Waals surface area contributed by atoms with Gasteiger partial charge in [-0.15, -0.1) is 13.2 Å². The minimum absolute atomic E-state index is 0.0134. The second kappa shape index (κ2) is 10.1. The summed E-state index contributed by atoms with van der Waals surface area (Å²) in [6.45, 7) is 3.64. The average molecular weight is 483 g/mol. The number of nitrogens with zero attached hydrogens (tertiary/aromatic N) is 2. The highest BCUT2D eigenvalue weighted by atomic mass is 35.5. The molecule has 11 heteroatoms. The molecule has 0 saturated heterocycles. The van der Waals surface area contributed by atoms with Crippen LogP contribution in [0.2, 0.25) is 5.02 Å². The van der Waals surface area contributed by atoms with Gasteiger partial charge in [0, 0.05) is 17.7 Å². The molecule has 0 aliphatic carbocycles. The van der Waals surface area contributed by atoms with E-state index in [1.54, 1.807) is 12.1 Å². The number of aromatic nitrogens is 2. The molecule has 7 nitrogen and oxygen atoms in total. The lowest BCUT2D eigenvalue weighted by Gasteiger charge is -2.21. The molecule has 33 heavy (non-hydrogen) atoms. The predicted octanol–water partition coefficient (Wildman–Crippen LogP) is 5.57. The number of aliphatic hydroxyl groups is 1. The van der Waals surface area contributed by atoms with Crippen molar-refractivity contribution in [3.05, 3.63) is 53.6 Å². The van der Waals surface area contributed by atoms with E-state index in [-0.39, 0.29) is 46.9 Å². The molecule has 176 valence electrons. The van der Waals surface area contributed by atoms with Gasteiger partial charge in [0.1, 0.15) is 17.3 Å². The zero-order valence-electron chi connectivity index (χ0n) is 17.7. The van der Waals surface area contributed by atoms with Gasteiger partial charge < -0.3 is 25.6 Å². The summed E-state index contributed by atoms with van der Waals surface area (Å²) in [5.41, 5.74) is 1.10. The molecule has 2 aromatic carbocycles. The molecular weight excluding hydrogens is 461 g/mol. The summed E-state index contributed by atoms with van der Waals surface area (Å²) < 4.78 is 42.0. The molecule has 0 saturated carbocycles. The summed E-state index contributed by atoms with van der Waals surface area (Å²) >= 11 is 6.17. The number of hydrogen-bond acceptors (Lipinski definition) is 7. The third-order valence-corrected chi connectivity index (χ3v) is 4.93. The first-order valence-electron chi connectivity index (χ1n) is 9.92. The highest BCUT2D eigenvalue weighted by Gasteiger charge is 2.31. The van der Waals surface area contributed by atoms with Gasteiger partial charge >= 0.3 is 6.36 Å². The third kappa shape index (κ3) is 6.87. The maximum absolute atomic E-state index is 12.6. The number of nitrogens with one attached hydrogen (secondary N) is 2. The van der Waals surface area contributed by atoms with Crippen LogP contribution in [-0.2, 0) is 0 Å². The Hall–Kier alpha value is -3.24. The number of benzene rings is 2. The van der Waals surface area contributed by atoms with Crippen molar-refractivity contribution in [3.8, 4) is 22.8 Å². The van der Waals surface area contributed by atoms with Gasteiger partial charge in [-0.3, -0.25) is 0 Å². The van der Waals surface area contributed by atoms with Crippen molar-refractivity contribution in [1.82, 2.24) is 9.97 Å². The van der Waals surface area contributed by atoms with E-state index in [1.165, 1.54) is 36.4 Å².